The van der Waals surface area contributed by atoms with Crippen molar-refractivity contribution in [2.45, 2.75) is 11.8 Å². The highest BCUT2D eigenvalue weighted by atomic mass is 32.2. The Hall–Kier alpha value is -4.05. The van der Waals surface area contributed by atoms with E-state index in [1.807, 2.05) is 6.92 Å². The Kier molecular flexibility index (Phi) is 8.32. The lowest BCUT2D eigenvalue weighted by molar-refractivity contribution is -0.119. The number of benzene rings is 3. The molecule has 0 unspecified atom stereocenters. The van der Waals surface area contributed by atoms with Crippen molar-refractivity contribution in [3.05, 3.63) is 77.9 Å². The van der Waals surface area contributed by atoms with Crippen LogP contribution in [-0.4, -0.2) is 48.4 Å². The van der Waals surface area contributed by atoms with Crippen LogP contribution in [0.15, 0.2) is 76.7 Å². The molecule has 0 aliphatic rings. The predicted molar refractivity (Wildman–Crippen MR) is 134 cm³/mol. The smallest absolute Gasteiger partial charge is 0.264 e. The first-order valence-corrected chi connectivity index (χ1v) is 12.0. The van der Waals surface area contributed by atoms with Crippen LogP contribution in [0.4, 0.5) is 5.69 Å². The van der Waals surface area contributed by atoms with Gasteiger partial charge in [-0.15, -0.1) is 0 Å². The Morgan fingerprint density at radius 3 is 2.14 bits per heavy atom. The van der Waals surface area contributed by atoms with E-state index in [0.29, 0.717) is 28.5 Å². The molecular weight excluding hydrogens is 470 g/mol. The fraction of sp³-hybridized carbons (Fsp3) is 0.200. The summed E-state index contributed by atoms with van der Waals surface area (Å²) in [5.74, 6) is 1.05. The number of rotatable bonds is 10. The van der Waals surface area contributed by atoms with E-state index in [2.05, 4.69) is 10.5 Å². The van der Waals surface area contributed by atoms with E-state index >= 15 is 0 Å². The highest BCUT2D eigenvalue weighted by Gasteiger charge is 2.27. The van der Waals surface area contributed by atoms with Crippen LogP contribution in [0.1, 0.15) is 11.1 Å². The lowest BCUT2D eigenvalue weighted by Crippen LogP contribution is -2.39. The normalized spacial score (nSPS) is 11.2. The zero-order valence-electron chi connectivity index (χ0n) is 19.9. The zero-order valence-corrected chi connectivity index (χ0v) is 20.7. The fourth-order valence-corrected chi connectivity index (χ4v) is 4.59. The number of anilines is 1. The molecule has 0 fully saturated rings. The van der Waals surface area contributed by atoms with Crippen molar-refractivity contribution in [3.63, 3.8) is 0 Å². The molecule has 9 nitrogen and oxygen atoms in total. The number of hydrazone groups is 1. The van der Waals surface area contributed by atoms with Crippen LogP contribution in [0.2, 0.25) is 0 Å². The minimum Gasteiger partial charge on any atom is -0.497 e. The summed E-state index contributed by atoms with van der Waals surface area (Å²) in [4.78, 5) is 12.8. The van der Waals surface area contributed by atoms with Crippen LogP contribution >= 0.6 is 0 Å². The molecule has 1 amide bonds. The molecule has 1 N–H and O–H groups in total. The molecule has 10 heteroatoms. The monoisotopic (exact) mass is 497 g/mol. The summed E-state index contributed by atoms with van der Waals surface area (Å²) >= 11 is 0. The van der Waals surface area contributed by atoms with Crippen molar-refractivity contribution in [2.24, 2.45) is 5.10 Å². The summed E-state index contributed by atoms with van der Waals surface area (Å²) in [6.07, 6.45) is 1.41. The summed E-state index contributed by atoms with van der Waals surface area (Å²) in [6.45, 7) is 1.38. The number of methoxy groups -OCH3 is 3. The van der Waals surface area contributed by atoms with Crippen LogP contribution in [0, 0.1) is 6.92 Å². The van der Waals surface area contributed by atoms with Gasteiger partial charge in [-0.1, -0.05) is 17.7 Å². The minimum absolute atomic E-state index is 0.0678. The number of nitrogens with one attached hydrogen (secondary N) is 1. The standard InChI is InChI=1S/C25H27N3O6S/c1-18-5-13-23(14-6-18)35(30,31)28(20-8-11-21(32-2)12-9-20)17-25(29)27-26-16-19-7-10-22(33-3)15-24(19)34-4/h5-16H,17H2,1-4H3,(H,27,29)/b26-16-. The van der Waals surface area contributed by atoms with Crippen LogP contribution in [0.25, 0.3) is 0 Å². The van der Waals surface area contributed by atoms with Gasteiger partial charge < -0.3 is 14.2 Å². The number of carbonyl (C=O) groups is 1. The molecule has 0 aromatic heterocycles. The average Bonchev–Trinajstić information content (AvgIpc) is 2.87. The number of hydrogen-bond donors (Lipinski definition) is 1. The van der Waals surface area contributed by atoms with Gasteiger partial charge in [0.05, 0.1) is 38.1 Å². The van der Waals surface area contributed by atoms with Gasteiger partial charge in [-0.25, -0.2) is 13.8 Å². The van der Waals surface area contributed by atoms with Gasteiger partial charge in [0.25, 0.3) is 15.9 Å². The van der Waals surface area contributed by atoms with Gasteiger partial charge in [-0.3, -0.25) is 9.10 Å². The summed E-state index contributed by atoms with van der Waals surface area (Å²) < 4.78 is 43.5. The maximum atomic E-state index is 13.4. The van der Waals surface area contributed by atoms with Crippen molar-refractivity contribution in [1.82, 2.24) is 5.43 Å². The van der Waals surface area contributed by atoms with Gasteiger partial charge in [-0.2, -0.15) is 5.10 Å². The van der Waals surface area contributed by atoms with Crippen molar-refractivity contribution in [2.75, 3.05) is 32.2 Å². The number of carbonyl (C=O) groups excluding carboxylic acids is 1. The maximum Gasteiger partial charge on any atom is 0.264 e. The first-order valence-electron chi connectivity index (χ1n) is 10.6. The molecule has 0 heterocycles. The highest BCUT2D eigenvalue weighted by Crippen LogP contribution is 2.26. The number of ether oxygens (including phenoxy) is 3. The van der Waals surface area contributed by atoms with Gasteiger partial charge in [0.15, 0.2) is 0 Å². The van der Waals surface area contributed by atoms with Crippen molar-refractivity contribution in [3.8, 4) is 17.2 Å². The molecule has 0 radical (unpaired) electrons. The van der Waals surface area contributed by atoms with E-state index in [1.165, 1.54) is 32.6 Å². The van der Waals surface area contributed by atoms with Crippen LogP contribution in [-0.2, 0) is 14.8 Å². The first kappa shape index (κ1) is 25.6. The third-order valence-corrected chi connectivity index (χ3v) is 6.88. The second kappa shape index (κ2) is 11.4. The van der Waals surface area contributed by atoms with E-state index in [1.54, 1.807) is 61.7 Å². The summed E-state index contributed by atoms with van der Waals surface area (Å²) in [5.41, 5.74) is 4.21. The van der Waals surface area contributed by atoms with E-state index in [4.69, 9.17) is 14.2 Å². The number of aryl methyl sites for hydroxylation is 1. The van der Waals surface area contributed by atoms with Gasteiger partial charge in [0, 0.05) is 11.6 Å². The van der Waals surface area contributed by atoms with Crippen molar-refractivity contribution in [1.29, 1.82) is 0 Å². The lowest BCUT2D eigenvalue weighted by Gasteiger charge is -2.24. The minimum atomic E-state index is -4.04. The first-order chi connectivity index (χ1) is 16.8. The second-order valence-corrected chi connectivity index (χ2v) is 9.29. The van der Waals surface area contributed by atoms with Gasteiger partial charge in [-0.05, 0) is 55.5 Å². The molecule has 0 aliphatic heterocycles. The summed E-state index contributed by atoms with van der Waals surface area (Å²) in [6, 6.07) is 17.9. The SMILES string of the molecule is COc1ccc(N(CC(=O)N/N=C\c2ccc(OC)cc2OC)S(=O)(=O)c2ccc(C)cc2)cc1. The number of hydrogen-bond acceptors (Lipinski definition) is 7. The Bertz CT molecular complexity index is 1290. The largest absolute Gasteiger partial charge is 0.497 e. The zero-order chi connectivity index (χ0) is 25.4. The third-order valence-electron chi connectivity index (χ3n) is 5.09. The fourth-order valence-electron chi connectivity index (χ4n) is 3.17. The molecule has 0 aliphatic carbocycles. The molecule has 0 atom stereocenters. The summed E-state index contributed by atoms with van der Waals surface area (Å²) in [5, 5.41) is 3.96. The van der Waals surface area contributed by atoms with E-state index in [0.717, 1.165) is 9.87 Å². The Morgan fingerprint density at radius 1 is 0.914 bits per heavy atom. The number of nitrogens with zero attached hydrogens (tertiary/aromatic N) is 2. The quantitative estimate of drug-likeness (QED) is 0.340. The average molecular weight is 498 g/mol. The molecule has 3 rings (SSSR count). The van der Waals surface area contributed by atoms with Crippen molar-refractivity contribution >= 4 is 27.8 Å². The molecule has 35 heavy (non-hydrogen) atoms. The Balaban J connectivity index is 1.84. The number of amides is 1. The van der Waals surface area contributed by atoms with Crippen molar-refractivity contribution < 1.29 is 27.4 Å². The second-order valence-electron chi connectivity index (χ2n) is 7.42. The molecule has 0 spiro atoms. The molecule has 0 bridgehead atoms. The highest BCUT2D eigenvalue weighted by molar-refractivity contribution is 7.92. The van der Waals surface area contributed by atoms with Crippen LogP contribution in [0.5, 0.6) is 17.2 Å². The van der Waals surface area contributed by atoms with Gasteiger partial charge >= 0.3 is 0 Å². The van der Waals surface area contributed by atoms with Crippen LogP contribution in [0.3, 0.4) is 0 Å². The molecule has 3 aromatic carbocycles. The Morgan fingerprint density at radius 2 is 1.54 bits per heavy atom. The molecular formula is C25H27N3O6S. The topological polar surface area (TPSA) is 107 Å². The van der Waals surface area contributed by atoms with Gasteiger partial charge in [0.2, 0.25) is 0 Å². The van der Waals surface area contributed by atoms with E-state index < -0.39 is 22.5 Å². The number of sulfonamides is 1. The molecule has 184 valence electrons. The molecule has 3 aromatic rings. The maximum absolute atomic E-state index is 13.4. The van der Waals surface area contributed by atoms with E-state index in [9.17, 15) is 13.2 Å². The predicted octanol–water partition coefficient (Wildman–Crippen LogP) is 3.37. The molecule has 0 saturated carbocycles. The van der Waals surface area contributed by atoms with Gasteiger partial charge in [0.1, 0.15) is 23.8 Å². The summed E-state index contributed by atoms with van der Waals surface area (Å²) in [7, 11) is 0.529. The lowest BCUT2D eigenvalue weighted by atomic mass is 10.2. The molecule has 0 saturated heterocycles. The third kappa shape index (κ3) is 6.30. The Labute approximate surface area is 205 Å². The van der Waals surface area contributed by atoms with Crippen LogP contribution < -0.4 is 23.9 Å². The van der Waals surface area contributed by atoms with E-state index in [-0.39, 0.29) is 4.90 Å².